The van der Waals surface area contributed by atoms with Crippen molar-refractivity contribution in [3.8, 4) is 5.69 Å². The molecule has 10 heteroatoms. The fourth-order valence-corrected chi connectivity index (χ4v) is 5.79. The van der Waals surface area contributed by atoms with Crippen molar-refractivity contribution in [1.29, 1.82) is 0 Å². The highest BCUT2D eigenvalue weighted by molar-refractivity contribution is 8.00. The normalized spacial score (nSPS) is 12.1. The molecule has 2 aromatic heterocycles. The fourth-order valence-electron chi connectivity index (χ4n) is 3.24. The van der Waals surface area contributed by atoms with Gasteiger partial charge in [0.05, 0.1) is 11.0 Å². The summed E-state index contributed by atoms with van der Waals surface area (Å²) < 4.78 is 2.05. The van der Waals surface area contributed by atoms with Crippen molar-refractivity contribution in [3.63, 3.8) is 0 Å². The van der Waals surface area contributed by atoms with Crippen molar-refractivity contribution in [2.45, 2.75) is 61.1 Å². The highest BCUT2D eigenvalue weighted by Crippen LogP contribution is 2.31. The Balaban J connectivity index is 1.54. The third-order valence-corrected chi connectivity index (χ3v) is 8.63. The van der Waals surface area contributed by atoms with Crippen LogP contribution in [-0.2, 0) is 10.5 Å². The lowest BCUT2D eigenvalue weighted by Gasteiger charge is -2.15. The maximum atomic E-state index is 13.1. The quantitative estimate of drug-likeness (QED) is 0.242. The molecule has 1 N–H and O–H groups in total. The molecule has 2 aromatic carbocycles. The zero-order valence-electron chi connectivity index (χ0n) is 20.1. The summed E-state index contributed by atoms with van der Waals surface area (Å²) in [6.07, 6.45) is 0.640. The number of nitrogens with one attached hydrogen (secondary N) is 1. The van der Waals surface area contributed by atoms with Crippen LogP contribution in [0.3, 0.4) is 0 Å². The zero-order valence-corrected chi connectivity index (χ0v) is 22.6. The zero-order chi connectivity index (χ0) is 24.8. The van der Waals surface area contributed by atoms with Crippen molar-refractivity contribution in [2.75, 3.05) is 5.32 Å². The molecule has 1 amide bonds. The first-order valence-electron chi connectivity index (χ1n) is 11.4. The SMILES string of the molecule is CCC(Sc1nnc(CSc2ccc(C)cc2)n1-c1ccccc1)C(=O)Nc1nnc(C(C)C)s1. The number of hydrogen-bond donors (Lipinski definition) is 1. The highest BCUT2D eigenvalue weighted by Gasteiger charge is 2.24. The molecular weight excluding hydrogens is 497 g/mol. The number of para-hydroxylation sites is 1. The molecule has 4 aromatic rings. The smallest absolute Gasteiger partial charge is 0.239 e. The van der Waals surface area contributed by atoms with E-state index in [1.165, 1.54) is 33.6 Å². The standard InChI is InChI=1S/C25H28N6OS3/c1-5-20(22(32)26-24-29-28-23(35-24)16(2)3)34-25-30-27-21(31(25)18-9-7-6-8-10-18)15-33-19-13-11-17(4)12-14-19/h6-14,16,20H,5,15H2,1-4H3,(H,26,29,32). The maximum absolute atomic E-state index is 13.1. The third-order valence-electron chi connectivity index (χ3n) is 5.18. The van der Waals surface area contributed by atoms with E-state index in [4.69, 9.17) is 0 Å². The maximum Gasteiger partial charge on any atom is 0.239 e. The third kappa shape index (κ3) is 6.50. The molecule has 35 heavy (non-hydrogen) atoms. The molecular formula is C25H28N6OS3. The molecule has 0 spiro atoms. The van der Waals surface area contributed by atoms with Gasteiger partial charge in [0.25, 0.3) is 0 Å². The summed E-state index contributed by atoms with van der Waals surface area (Å²) in [6, 6.07) is 18.5. The Morgan fingerprint density at radius 1 is 1.03 bits per heavy atom. The van der Waals surface area contributed by atoms with Crippen LogP contribution in [0.5, 0.6) is 0 Å². The highest BCUT2D eigenvalue weighted by atomic mass is 32.2. The summed E-state index contributed by atoms with van der Waals surface area (Å²) in [5, 5.41) is 22.0. The van der Waals surface area contributed by atoms with Crippen LogP contribution in [0.2, 0.25) is 0 Å². The van der Waals surface area contributed by atoms with Gasteiger partial charge in [-0.15, -0.1) is 32.2 Å². The second-order valence-electron chi connectivity index (χ2n) is 8.28. The predicted molar refractivity (Wildman–Crippen MR) is 145 cm³/mol. The van der Waals surface area contributed by atoms with Crippen molar-refractivity contribution in [2.24, 2.45) is 0 Å². The molecule has 0 fully saturated rings. The van der Waals surface area contributed by atoms with Crippen LogP contribution in [0.4, 0.5) is 5.13 Å². The number of anilines is 1. The number of benzene rings is 2. The minimum Gasteiger partial charge on any atom is -0.300 e. The summed E-state index contributed by atoms with van der Waals surface area (Å²) in [6.45, 7) is 8.19. The van der Waals surface area contributed by atoms with Gasteiger partial charge in [-0.3, -0.25) is 14.7 Å². The van der Waals surface area contributed by atoms with E-state index in [2.05, 4.69) is 70.7 Å². The van der Waals surface area contributed by atoms with Gasteiger partial charge in [0, 0.05) is 16.5 Å². The van der Waals surface area contributed by atoms with Crippen LogP contribution >= 0.6 is 34.9 Å². The largest absolute Gasteiger partial charge is 0.300 e. The van der Waals surface area contributed by atoms with Gasteiger partial charge in [-0.05, 0) is 37.6 Å². The average molecular weight is 525 g/mol. The lowest BCUT2D eigenvalue weighted by molar-refractivity contribution is -0.115. The molecule has 182 valence electrons. The minimum absolute atomic E-state index is 0.109. The van der Waals surface area contributed by atoms with Gasteiger partial charge in [0.1, 0.15) is 10.8 Å². The number of amides is 1. The van der Waals surface area contributed by atoms with E-state index < -0.39 is 0 Å². The number of carbonyl (C=O) groups excluding carboxylic acids is 1. The number of carbonyl (C=O) groups is 1. The van der Waals surface area contributed by atoms with Crippen LogP contribution in [0.1, 0.15) is 49.5 Å². The Morgan fingerprint density at radius 2 is 1.77 bits per heavy atom. The number of aryl methyl sites for hydroxylation is 1. The average Bonchev–Trinajstić information content (AvgIpc) is 3.49. The molecule has 1 unspecified atom stereocenters. The molecule has 1 atom stereocenters. The van der Waals surface area contributed by atoms with Crippen molar-refractivity contribution >= 4 is 45.9 Å². The first-order chi connectivity index (χ1) is 16.9. The fraction of sp³-hybridized carbons (Fsp3) is 0.320. The van der Waals surface area contributed by atoms with E-state index in [9.17, 15) is 4.79 Å². The van der Waals surface area contributed by atoms with Gasteiger partial charge < -0.3 is 0 Å². The van der Waals surface area contributed by atoms with Gasteiger partial charge in [0.2, 0.25) is 11.0 Å². The Hall–Kier alpha value is -2.69. The van der Waals surface area contributed by atoms with Crippen LogP contribution in [0.15, 0.2) is 64.6 Å². The topological polar surface area (TPSA) is 85.6 Å². The molecule has 0 radical (unpaired) electrons. The molecule has 0 aliphatic rings. The Kier molecular flexibility index (Phi) is 8.59. The van der Waals surface area contributed by atoms with Gasteiger partial charge in [-0.1, -0.05) is 79.8 Å². The number of hydrogen-bond acceptors (Lipinski definition) is 8. The van der Waals surface area contributed by atoms with Crippen molar-refractivity contribution < 1.29 is 4.79 Å². The van der Waals surface area contributed by atoms with Crippen LogP contribution in [-0.4, -0.2) is 36.1 Å². The van der Waals surface area contributed by atoms with E-state index >= 15 is 0 Å². The number of nitrogens with zero attached hydrogens (tertiary/aromatic N) is 5. The molecule has 0 saturated heterocycles. The van der Waals surface area contributed by atoms with E-state index in [0.29, 0.717) is 22.5 Å². The second-order valence-corrected chi connectivity index (χ2v) is 11.5. The van der Waals surface area contributed by atoms with E-state index in [0.717, 1.165) is 16.5 Å². The van der Waals surface area contributed by atoms with Crippen LogP contribution in [0.25, 0.3) is 5.69 Å². The number of aromatic nitrogens is 5. The van der Waals surface area contributed by atoms with Gasteiger partial charge in [-0.2, -0.15) is 0 Å². The van der Waals surface area contributed by atoms with E-state index in [1.807, 2.05) is 41.8 Å². The van der Waals surface area contributed by atoms with E-state index in [-0.39, 0.29) is 17.1 Å². The van der Waals surface area contributed by atoms with E-state index in [1.54, 1.807) is 11.8 Å². The Labute approximate surface area is 218 Å². The Morgan fingerprint density at radius 3 is 2.43 bits per heavy atom. The first-order valence-corrected chi connectivity index (χ1v) is 14.1. The van der Waals surface area contributed by atoms with Gasteiger partial charge in [-0.25, -0.2) is 0 Å². The molecule has 2 heterocycles. The van der Waals surface area contributed by atoms with Crippen molar-refractivity contribution in [1.82, 2.24) is 25.0 Å². The predicted octanol–water partition coefficient (Wildman–Crippen LogP) is 6.35. The molecule has 0 aliphatic carbocycles. The lowest BCUT2D eigenvalue weighted by atomic mass is 10.2. The van der Waals surface area contributed by atoms with Gasteiger partial charge in [0.15, 0.2) is 5.16 Å². The minimum atomic E-state index is -0.342. The summed E-state index contributed by atoms with van der Waals surface area (Å²) in [7, 11) is 0. The second kappa shape index (κ2) is 11.8. The number of rotatable bonds is 10. The monoisotopic (exact) mass is 524 g/mol. The summed E-state index contributed by atoms with van der Waals surface area (Å²) in [4.78, 5) is 14.2. The summed E-state index contributed by atoms with van der Waals surface area (Å²) in [5.74, 6) is 1.67. The molecule has 4 rings (SSSR count). The summed E-state index contributed by atoms with van der Waals surface area (Å²) >= 11 is 4.55. The van der Waals surface area contributed by atoms with Crippen LogP contribution in [0, 0.1) is 6.92 Å². The molecule has 0 saturated carbocycles. The van der Waals surface area contributed by atoms with Crippen LogP contribution < -0.4 is 5.32 Å². The molecule has 7 nitrogen and oxygen atoms in total. The molecule has 0 aliphatic heterocycles. The lowest BCUT2D eigenvalue weighted by Crippen LogP contribution is -2.25. The Bertz CT molecular complexity index is 1250. The number of thioether (sulfide) groups is 2. The van der Waals surface area contributed by atoms with Crippen molar-refractivity contribution in [3.05, 3.63) is 71.0 Å². The first kappa shape index (κ1) is 25.4. The molecule has 0 bridgehead atoms. The summed E-state index contributed by atoms with van der Waals surface area (Å²) in [5.41, 5.74) is 2.21. The van der Waals surface area contributed by atoms with Gasteiger partial charge >= 0.3 is 0 Å².